The maximum atomic E-state index is 12.6. The van der Waals surface area contributed by atoms with E-state index in [1.807, 2.05) is 30.3 Å². The number of aryl methyl sites for hydroxylation is 1. The van der Waals surface area contributed by atoms with Gasteiger partial charge in [-0.1, -0.05) is 54.1 Å². The van der Waals surface area contributed by atoms with Crippen LogP contribution in [-0.2, 0) is 16.1 Å². The SMILES string of the molecule is Cc1cccc(-c2ccc(CNC(=O)CN3C(=O)NC(C)(C4CC4)C3=O)cc2)c1. The van der Waals surface area contributed by atoms with Gasteiger partial charge in [-0.3, -0.25) is 14.5 Å². The van der Waals surface area contributed by atoms with Gasteiger partial charge in [0.25, 0.3) is 5.91 Å². The van der Waals surface area contributed by atoms with Gasteiger partial charge >= 0.3 is 6.03 Å². The van der Waals surface area contributed by atoms with Crippen LogP contribution in [0.3, 0.4) is 0 Å². The Morgan fingerprint density at radius 1 is 1.14 bits per heavy atom. The average Bonchev–Trinajstić information content (AvgIpc) is 3.53. The van der Waals surface area contributed by atoms with Crippen LogP contribution >= 0.6 is 0 Å². The molecule has 0 aromatic heterocycles. The fraction of sp³-hybridized carbons (Fsp3) is 0.348. The van der Waals surface area contributed by atoms with Crippen LogP contribution in [0.4, 0.5) is 4.79 Å². The molecule has 2 aromatic carbocycles. The molecular weight excluding hydrogens is 366 g/mol. The third kappa shape index (κ3) is 3.88. The number of amides is 4. The van der Waals surface area contributed by atoms with E-state index in [0.29, 0.717) is 6.54 Å². The molecule has 6 nitrogen and oxygen atoms in total. The lowest BCUT2D eigenvalue weighted by Crippen LogP contribution is -2.46. The second-order valence-electron chi connectivity index (χ2n) is 8.14. The van der Waals surface area contributed by atoms with Crippen LogP contribution in [0.15, 0.2) is 48.5 Å². The normalized spacial score (nSPS) is 21.2. The molecule has 1 aliphatic carbocycles. The van der Waals surface area contributed by atoms with Crippen molar-refractivity contribution < 1.29 is 14.4 Å². The standard InChI is InChI=1S/C23H25N3O3/c1-15-4-3-5-18(12-15)17-8-6-16(7-9-17)13-24-20(27)14-26-21(28)23(2,19-10-11-19)25-22(26)29/h3-9,12,19H,10-11,13-14H2,1-2H3,(H,24,27)(H,25,29). The summed E-state index contributed by atoms with van der Waals surface area (Å²) in [6, 6.07) is 15.8. The number of nitrogens with zero attached hydrogens (tertiary/aromatic N) is 1. The van der Waals surface area contributed by atoms with Gasteiger partial charge in [-0.05, 0) is 49.3 Å². The number of hydrogen-bond donors (Lipinski definition) is 2. The van der Waals surface area contributed by atoms with Crippen molar-refractivity contribution in [2.75, 3.05) is 6.54 Å². The van der Waals surface area contributed by atoms with Crippen molar-refractivity contribution in [3.05, 3.63) is 59.7 Å². The molecule has 0 spiro atoms. The van der Waals surface area contributed by atoms with Crippen molar-refractivity contribution in [2.24, 2.45) is 5.92 Å². The lowest BCUT2D eigenvalue weighted by Gasteiger charge is -2.20. The highest BCUT2D eigenvalue weighted by atomic mass is 16.2. The number of carbonyl (C=O) groups excluding carboxylic acids is 3. The van der Waals surface area contributed by atoms with Crippen LogP contribution < -0.4 is 10.6 Å². The van der Waals surface area contributed by atoms with E-state index in [1.165, 1.54) is 5.56 Å². The number of rotatable bonds is 6. The van der Waals surface area contributed by atoms with E-state index >= 15 is 0 Å². The molecule has 2 N–H and O–H groups in total. The van der Waals surface area contributed by atoms with Gasteiger partial charge in [0.05, 0.1) is 0 Å². The highest BCUT2D eigenvalue weighted by Crippen LogP contribution is 2.42. The predicted octanol–water partition coefficient (Wildman–Crippen LogP) is 3.00. The predicted molar refractivity (Wildman–Crippen MR) is 110 cm³/mol. The molecule has 1 aliphatic heterocycles. The third-order valence-corrected chi connectivity index (χ3v) is 5.79. The number of imide groups is 1. The number of nitrogens with one attached hydrogen (secondary N) is 2. The fourth-order valence-electron chi connectivity index (χ4n) is 3.84. The smallest absolute Gasteiger partial charge is 0.325 e. The van der Waals surface area contributed by atoms with E-state index in [1.54, 1.807) is 6.92 Å². The maximum Gasteiger partial charge on any atom is 0.325 e. The minimum absolute atomic E-state index is 0.180. The Balaban J connectivity index is 1.33. The van der Waals surface area contributed by atoms with Crippen molar-refractivity contribution in [2.45, 2.75) is 38.8 Å². The molecule has 1 unspecified atom stereocenters. The van der Waals surface area contributed by atoms with Gasteiger partial charge in [0.1, 0.15) is 12.1 Å². The Morgan fingerprint density at radius 2 is 1.86 bits per heavy atom. The van der Waals surface area contributed by atoms with E-state index in [-0.39, 0.29) is 24.3 Å². The molecule has 0 bridgehead atoms. The fourth-order valence-corrected chi connectivity index (χ4v) is 3.84. The topological polar surface area (TPSA) is 78.5 Å². The van der Waals surface area contributed by atoms with Crippen molar-refractivity contribution in [1.29, 1.82) is 0 Å². The molecule has 2 fully saturated rings. The summed E-state index contributed by atoms with van der Waals surface area (Å²) >= 11 is 0. The van der Waals surface area contributed by atoms with Gasteiger partial charge in [-0.25, -0.2) is 4.79 Å². The quantitative estimate of drug-likeness (QED) is 0.743. The lowest BCUT2D eigenvalue weighted by atomic mass is 9.96. The molecule has 2 aliphatic rings. The zero-order valence-corrected chi connectivity index (χ0v) is 16.7. The van der Waals surface area contributed by atoms with Crippen molar-refractivity contribution in [3.63, 3.8) is 0 Å². The first kappa shape index (κ1) is 19.2. The van der Waals surface area contributed by atoms with Crippen molar-refractivity contribution >= 4 is 17.8 Å². The highest BCUT2D eigenvalue weighted by molar-refractivity contribution is 6.09. The zero-order chi connectivity index (χ0) is 20.6. The monoisotopic (exact) mass is 391 g/mol. The summed E-state index contributed by atoms with van der Waals surface area (Å²) in [5.41, 5.74) is 3.57. The van der Waals surface area contributed by atoms with E-state index in [4.69, 9.17) is 0 Å². The number of hydrogen-bond acceptors (Lipinski definition) is 3. The molecule has 6 heteroatoms. The minimum Gasteiger partial charge on any atom is -0.350 e. The van der Waals surface area contributed by atoms with E-state index in [2.05, 4.69) is 35.8 Å². The van der Waals surface area contributed by atoms with Crippen LogP contribution in [0.5, 0.6) is 0 Å². The molecule has 4 amide bonds. The molecule has 150 valence electrons. The first-order valence-electron chi connectivity index (χ1n) is 9.93. The van der Waals surface area contributed by atoms with Crippen LogP contribution in [0, 0.1) is 12.8 Å². The number of benzene rings is 2. The second-order valence-corrected chi connectivity index (χ2v) is 8.14. The molecule has 0 radical (unpaired) electrons. The Hall–Kier alpha value is -3.15. The van der Waals surface area contributed by atoms with Crippen LogP contribution in [0.1, 0.15) is 30.9 Å². The Bertz CT molecular complexity index is 966. The maximum absolute atomic E-state index is 12.6. The summed E-state index contributed by atoms with van der Waals surface area (Å²) in [5, 5.41) is 5.55. The summed E-state index contributed by atoms with van der Waals surface area (Å²) in [4.78, 5) is 38.1. The number of urea groups is 1. The van der Waals surface area contributed by atoms with Gasteiger partial charge in [0.15, 0.2) is 0 Å². The molecule has 2 aromatic rings. The summed E-state index contributed by atoms with van der Waals surface area (Å²) in [5.74, 6) is -0.474. The number of carbonyl (C=O) groups is 3. The highest BCUT2D eigenvalue weighted by Gasteiger charge is 2.56. The molecule has 1 heterocycles. The molecule has 4 rings (SSSR count). The van der Waals surface area contributed by atoms with Gasteiger partial charge < -0.3 is 10.6 Å². The summed E-state index contributed by atoms with van der Waals surface area (Å²) in [6.45, 7) is 3.90. The van der Waals surface area contributed by atoms with Crippen LogP contribution in [-0.4, -0.2) is 34.8 Å². The van der Waals surface area contributed by atoms with Gasteiger partial charge in [0.2, 0.25) is 5.91 Å². The lowest BCUT2D eigenvalue weighted by molar-refractivity contribution is -0.135. The molecule has 1 saturated carbocycles. The third-order valence-electron chi connectivity index (χ3n) is 5.79. The van der Waals surface area contributed by atoms with Gasteiger partial charge in [-0.2, -0.15) is 0 Å². The van der Waals surface area contributed by atoms with E-state index in [9.17, 15) is 14.4 Å². The zero-order valence-electron chi connectivity index (χ0n) is 16.7. The van der Waals surface area contributed by atoms with E-state index < -0.39 is 11.6 Å². The average molecular weight is 391 g/mol. The van der Waals surface area contributed by atoms with Crippen LogP contribution in [0.2, 0.25) is 0 Å². The van der Waals surface area contributed by atoms with Gasteiger partial charge in [0, 0.05) is 6.54 Å². The Morgan fingerprint density at radius 3 is 2.52 bits per heavy atom. The largest absolute Gasteiger partial charge is 0.350 e. The molecule has 29 heavy (non-hydrogen) atoms. The summed E-state index contributed by atoms with van der Waals surface area (Å²) in [7, 11) is 0. The van der Waals surface area contributed by atoms with Crippen molar-refractivity contribution in [1.82, 2.24) is 15.5 Å². The minimum atomic E-state index is -0.858. The molecular formula is C23H25N3O3. The second kappa shape index (κ2) is 7.35. The molecule has 1 atom stereocenters. The first-order chi connectivity index (χ1) is 13.9. The van der Waals surface area contributed by atoms with Gasteiger partial charge in [-0.15, -0.1) is 0 Å². The van der Waals surface area contributed by atoms with Crippen LogP contribution in [0.25, 0.3) is 11.1 Å². The van der Waals surface area contributed by atoms with Crippen molar-refractivity contribution in [3.8, 4) is 11.1 Å². The first-order valence-corrected chi connectivity index (χ1v) is 9.93. The summed E-state index contributed by atoms with van der Waals surface area (Å²) < 4.78 is 0. The summed E-state index contributed by atoms with van der Waals surface area (Å²) in [6.07, 6.45) is 1.86. The Kier molecular flexibility index (Phi) is 4.86. The Labute approximate surface area is 170 Å². The molecule has 1 saturated heterocycles. The van der Waals surface area contributed by atoms with E-state index in [0.717, 1.165) is 34.4 Å².